The second-order valence-electron chi connectivity index (χ2n) is 4.82. The Morgan fingerprint density at radius 3 is 2.83 bits per heavy atom. The Morgan fingerprint density at radius 2 is 2.06 bits per heavy atom. The molecular formula is C13H16BrN3O. The maximum atomic E-state index is 11.8. The molecular weight excluding hydrogens is 294 g/mol. The average molecular weight is 310 g/mol. The van der Waals surface area contributed by atoms with Crippen LogP contribution >= 0.6 is 15.9 Å². The van der Waals surface area contributed by atoms with E-state index in [1.807, 2.05) is 12.1 Å². The van der Waals surface area contributed by atoms with Gasteiger partial charge in [0.1, 0.15) is 0 Å². The predicted octanol–water partition coefficient (Wildman–Crippen LogP) is 1.96. The van der Waals surface area contributed by atoms with E-state index in [4.69, 9.17) is 0 Å². The van der Waals surface area contributed by atoms with E-state index in [1.165, 1.54) is 0 Å². The number of carbonyl (C=O) groups excluding carboxylic acids is 1. The third-order valence-corrected chi connectivity index (χ3v) is 4.10. The van der Waals surface area contributed by atoms with Crippen LogP contribution in [0.2, 0.25) is 0 Å². The number of fused-ring (bicyclic) bond motifs is 1. The fourth-order valence-corrected chi connectivity index (χ4v) is 3.07. The van der Waals surface area contributed by atoms with E-state index in [0.717, 1.165) is 41.8 Å². The van der Waals surface area contributed by atoms with Crippen molar-refractivity contribution in [2.24, 2.45) is 0 Å². The number of benzene rings is 1. The van der Waals surface area contributed by atoms with Crippen LogP contribution in [0.3, 0.4) is 0 Å². The Hall–Kier alpha value is -1.07. The number of halogens is 1. The van der Waals surface area contributed by atoms with Gasteiger partial charge in [0.25, 0.3) is 0 Å². The van der Waals surface area contributed by atoms with Crippen molar-refractivity contribution in [3.05, 3.63) is 22.7 Å². The highest BCUT2D eigenvalue weighted by molar-refractivity contribution is 9.10. The first kappa shape index (κ1) is 12.0. The number of carbonyl (C=O) groups is 1. The Labute approximate surface area is 115 Å². The zero-order valence-corrected chi connectivity index (χ0v) is 11.7. The van der Waals surface area contributed by atoms with Gasteiger partial charge in [-0.2, -0.15) is 0 Å². The highest BCUT2D eigenvalue weighted by atomic mass is 79.9. The summed E-state index contributed by atoms with van der Waals surface area (Å²) in [5.41, 5.74) is 2.06. The summed E-state index contributed by atoms with van der Waals surface area (Å²) in [5.74, 6) is 0.0864. The van der Waals surface area contributed by atoms with Crippen LogP contribution in [0.5, 0.6) is 0 Å². The molecule has 0 saturated carbocycles. The normalized spacial score (nSPS) is 20.5. The van der Waals surface area contributed by atoms with Crippen LogP contribution in [-0.2, 0) is 4.79 Å². The highest BCUT2D eigenvalue weighted by Gasteiger charge is 2.28. The molecule has 0 radical (unpaired) electrons. The van der Waals surface area contributed by atoms with Crippen molar-refractivity contribution < 1.29 is 4.79 Å². The van der Waals surface area contributed by atoms with Crippen LogP contribution in [0.15, 0.2) is 22.7 Å². The number of nitrogens with zero attached hydrogens (tertiary/aromatic N) is 1. The Bertz CT molecular complexity index is 471. The Balaban J connectivity index is 1.94. The third kappa shape index (κ3) is 2.24. The van der Waals surface area contributed by atoms with Gasteiger partial charge in [0.05, 0.1) is 17.9 Å². The molecule has 18 heavy (non-hydrogen) atoms. The molecule has 96 valence electrons. The molecule has 0 aliphatic carbocycles. The topological polar surface area (TPSA) is 44.4 Å². The largest absolute Gasteiger partial charge is 0.357 e. The second-order valence-corrected chi connectivity index (χ2v) is 5.73. The molecule has 1 saturated heterocycles. The third-order valence-electron chi connectivity index (χ3n) is 3.61. The first-order chi connectivity index (χ1) is 8.74. The van der Waals surface area contributed by atoms with E-state index in [-0.39, 0.29) is 5.91 Å². The molecule has 1 amide bonds. The summed E-state index contributed by atoms with van der Waals surface area (Å²) in [5, 5.41) is 6.30. The zero-order chi connectivity index (χ0) is 12.5. The van der Waals surface area contributed by atoms with Gasteiger partial charge < -0.3 is 15.5 Å². The van der Waals surface area contributed by atoms with Gasteiger partial charge in [-0.3, -0.25) is 4.79 Å². The van der Waals surface area contributed by atoms with Crippen LogP contribution in [0.4, 0.5) is 11.4 Å². The summed E-state index contributed by atoms with van der Waals surface area (Å²) >= 11 is 3.51. The van der Waals surface area contributed by atoms with Crippen molar-refractivity contribution in [3.63, 3.8) is 0 Å². The number of nitrogens with one attached hydrogen (secondary N) is 2. The summed E-state index contributed by atoms with van der Waals surface area (Å²) in [6.07, 6.45) is 2.19. The molecule has 1 fully saturated rings. The Morgan fingerprint density at radius 1 is 1.28 bits per heavy atom. The number of anilines is 2. The monoisotopic (exact) mass is 309 g/mol. The van der Waals surface area contributed by atoms with Gasteiger partial charge in [-0.15, -0.1) is 0 Å². The van der Waals surface area contributed by atoms with Crippen LogP contribution in [-0.4, -0.2) is 31.6 Å². The lowest BCUT2D eigenvalue weighted by Gasteiger charge is -2.39. The van der Waals surface area contributed by atoms with E-state index in [1.54, 1.807) is 0 Å². The predicted molar refractivity (Wildman–Crippen MR) is 76.0 cm³/mol. The van der Waals surface area contributed by atoms with E-state index in [0.29, 0.717) is 12.6 Å². The molecule has 2 aliphatic heterocycles. The van der Waals surface area contributed by atoms with Crippen LogP contribution in [0.25, 0.3) is 0 Å². The smallest absolute Gasteiger partial charge is 0.243 e. The van der Waals surface area contributed by atoms with Crippen LogP contribution in [0, 0.1) is 0 Å². The number of hydrogen-bond donors (Lipinski definition) is 2. The number of piperidine rings is 1. The van der Waals surface area contributed by atoms with Crippen molar-refractivity contribution in [2.75, 3.05) is 29.9 Å². The van der Waals surface area contributed by atoms with E-state index < -0.39 is 0 Å². The lowest BCUT2D eigenvalue weighted by Crippen LogP contribution is -2.48. The number of rotatable bonds is 1. The average Bonchev–Trinajstić information content (AvgIpc) is 2.39. The van der Waals surface area contributed by atoms with E-state index >= 15 is 0 Å². The van der Waals surface area contributed by atoms with Crippen molar-refractivity contribution in [1.82, 2.24) is 5.32 Å². The maximum Gasteiger partial charge on any atom is 0.243 e. The molecule has 0 unspecified atom stereocenters. The molecule has 0 bridgehead atoms. The quantitative estimate of drug-likeness (QED) is 0.833. The summed E-state index contributed by atoms with van der Waals surface area (Å²) in [6, 6.07) is 6.48. The summed E-state index contributed by atoms with van der Waals surface area (Å²) in [7, 11) is 0. The maximum absolute atomic E-state index is 11.8. The SMILES string of the molecule is O=C1CN(C2CCNCC2)c2cc(Br)ccc2N1. The van der Waals surface area contributed by atoms with Crippen LogP contribution in [0.1, 0.15) is 12.8 Å². The molecule has 1 aromatic rings. The summed E-state index contributed by atoms with van der Waals surface area (Å²) < 4.78 is 1.05. The molecule has 5 heteroatoms. The summed E-state index contributed by atoms with van der Waals surface area (Å²) in [6.45, 7) is 2.53. The molecule has 4 nitrogen and oxygen atoms in total. The minimum atomic E-state index is 0.0864. The van der Waals surface area contributed by atoms with Crippen molar-refractivity contribution >= 4 is 33.2 Å². The lowest BCUT2D eigenvalue weighted by atomic mass is 10.0. The molecule has 2 N–H and O–H groups in total. The second kappa shape index (κ2) is 4.90. The van der Waals surface area contributed by atoms with Gasteiger partial charge in [-0.1, -0.05) is 15.9 Å². The van der Waals surface area contributed by atoms with E-state index in [9.17, 15) is 4.79 Å². The number of amides is 1. The zero-order valence-electron chi connectivity index (χ0n) is 10.1. The fourth-order valence-electron chi connectivity index (χ4n) is 2.72. The molecule has 0 atom stereocenters. The minimum absolute atomic E-state index is 0.0864. The first-order valence-corrected chi connectivity index (χ1v) is 7.10. The first-order valence-electron chi connectivity index (χ1n) is 6.31. The van der Waals surface area contributed by atoms with E-state index in [2.05, 4.69) is 37.5 Å². The molecule has 0 spiro atoms. The molecule has 2 heterocycles. The molecule has 1 aromatic carbocycles. The van der Waals surface area contributed by atoms with Crippen molar-refractivity contribution in [1.29, 1.82) is 0 Å². The van der Waals surface area contributed by atoms with Gasteiger partial charge in [-0.05, 0) is 44.1 Å². The molecule has 2 aliphatic rings. The molecule has 0 aromatic heterocycles. The molecule has 3 rings (SSSR count). The standard InChI is InChI=1S/C13H16BrN3O/c14-9-1-2-11-12(7-9)17(8-13(18)16-11)10-3-5-15-6-4-10/h1-2,7,10,15H,3-6,8H2,(H,16,18). The van der Waals surface area contributed by atoms with Gasteiger partial charge in [-0.25, -0.2) is 0 Å². The summed E-state index contributed by atoms with van der Waals surface area (Å²) in [4.78, 5) is 14.0. The Kier molecular flexibility index (Phi) is 3.26. The van der Waals surface area contributed by atoms with Crippen molar-refractivity contribution in [3.8, 4) is 0 Å². The van der Waals surface area contributed by atoms with Gasteiger partial charge in [0, 0.05) is 10.5 Å². The lowest BCUT2D eigenvalue weighted by molar-refractivity contribution is -0.115. The highest BCUT2D eigenvalue weighted by Crippen LogP contribution is 2.34. The fraction of sp³-hybridized carbons (Fsp3) is 0.462. The van der Waals surface area contributed by atoms with Crippen molar-refractivity contribution in [2.45, 2.75) is 18.9 Å². The van der Waals surface area contributed by atoms with Gasteiger partial charge in [0.2, 0.25) is 5.91 Å². The van der Waals surface area contributed by atoms with Gasteiger partial charge >= 0.3 is 0 Å². The number of hydrogen-bond acceptors (Lipinski definition) is 3. The van der Waals surface area contributed by atoms with Gasteiger partial charge in [0.15, 0.2) is 0 Å². The minimum Gasteiger partial charge on any atom is -0.357 e. The van der Waals surface area contributed by atoms with Crippen LogP contribution < -0.4 is 15.5 Å².